The first-order valence-corrected chi connectivity index (χ1v) is 9.29. The predicted molar refractivity (Wildman–Crippen MR) is 92.0 cm³/mol. The highest BCUT2D eigenvalue weighted by Crippen LogP contribution is 2.64. The summed E-state index contributed by atoms with van der Waals surface area (Å²) in [6, 6.07) is 0. The third-order valence-electron chi connectivity index (χ3n) is 7.55. The van der Waals surface area contributed by atoms with Crippen molar-refractivity contribution in [2.24, 2.45) is 22.7 Å². The zero-order valence-corrected chi connectivity index (χ0v) is 14.4. The van der Waals surface area contributed by atoms with Crippen LogP contribution >= 0.6 is 0 Å². The second-order valence-electron chi connectivity index (χ2n) is 8.53. The third-order valence-corrected chi connectivity index (χ3v) is 7.55. The summed E-state index contributed by atoms with van der Waals surface area (Å²) in [5, 5.41) is 9.21. The van der Waals surface area contributed by atoms with Gasteiger partial charge in [0.1, 0.15) is 0 Å². The molecule has 0 spiro atoms. The molecule has 124 valence electrons. The average molecular weight is 312 g/mol. The lowest BCUT2D eigenvalue weighted by molar-refractivity contribution is -0.131. The van der Waals surface area contributed by atoms with Gasteiger partial charge in [0.2, 0.25) is 0 Å². The van der Waals surface area contributed by atoms with Crippen LogP contribution in [0.3, 0.4) is 0 Å². The molecule has 0 saturated heterocycles. The highest BCUT2D eigenvalue weighted by Gasteiger charge is 2.53. The molecule has 1 N–H and O–H groups in total. The van der Waals surface area contributed by atoms with Crippen molar-refractivity contribution < 1.29 is 9.90 Å². The summed E-state index contributed by atoms with van der Waals surface area (Å²) in [6.45, 7) is 4.79. The van der Waals surface area contributed by atoms with Gasteiger partial charge in [-0.3, -0.25) is 0 Å². The minimum atomic E-state index is -0.773. The molecule has 0 heterocycles. The molecule has 2 fully saturated rings. The highest BCUT2D eigenvalue weighted by molar-refractivity contribution is 5.81. The number of aliphatic carboxylic acids is 1. The van der Waals surface area contributed by atoms with Gasteiger partial charge in [-0.15, -0.1) is 0 Å². The van der Waals surface area contributed by atoms with Gasteiger partial charge in [-0.2, -0.15) is 0 Å². The van der Waals surface area contributed by atoms with Gasteiger partial charge in [-0.05, 0) is 68.6 Å². The maximum Gasteiger partial charge on any atom is 0.328 e. The number of allylic oxidation sites excluding steroid dienone is 5. The van der Waals surface area contributed by atoms with Crippen LogP contribution in [0.5, 0.6) is 0 Å². The lowest BCUT2D eigenvalue weighted by Crippen LogP contribution is -2.42. The molecule has 4 aliphatic rings. The Morgan fingerprint density at radius 3 is 2.87 bits per heavy atom. The molecular formula is C21H28O2. The SMILES string of the molecule is C[C@]12CCCC=C1CC[C@@H]1C2=CC[C@]2(C)C(=CC(=O)O)CC[C@@H]12. The van der Waals surface area contributed by atoms with Crippen molar-refractivity contribution in [1.82, 2.24) is 0 Å². The van der Waals surface area contributed by atoms with Crippen molar-refractivity contribution in [3.05, 3.63) is 34.9 Å². The lowest BCUT2D eigenvalue weighted by Gasteiger charge is -2.53. The van der Waals surface area contributed by atoms with Gasteiger partial charge in [0.25, 0.3) is 0 Å². The van der Waals surface area contributed by atoms with E-state index in [2.05, 4.69) is 26.0 Å². The first kappa shape index (κ1) is 15.2. The van der Waals surface area contributed by atoms with Crippen LogP contribution in [-0.2, 0) is 4.79 Å². The zero-order valence-electron chi connectivity index (χ0n) is 14.4. The average Bonchev–Trinajstić information content (AvgIpc) is 2.83. The van der Waals surface area contributed by atoms with E-state index in [1.807, 2.05) is 0 Å². The molecule has 4 aliphatic carbocycles. The fourth-order valence-corrected chi connectivity index (χ4v) is 6.28. The van der Waals surface area contributed by atoms with Crippen LogP contribution in [0, 0.1) is 22.7 Å². The van der Waals surface area contributed by atoms with Gasteiger partial charge >= 0.3 is 5.97 Å². The number of carboxylic acids is 1. The van der Waals surface area contributed by atoms with Gasteiger partial charge in [-0.25, -0.2) is 4.79 Å². The van der Waals surface area contributed by atoms with Crippen LogP contribution in [-0.4, -0.2) is 11.1 Å². The molecular weight excluding hydrogens is 284 g/mol. The molecule has 0 bridgehead atoms. The molecule has 0 aromatic carbocycles. The Balaban J connectivity index is 1.74. The standard InChI is InChI=1S/C21H28O2/c1-20-11-4-3-5-14(20)6-8-16-17-9-7-15(13-19(22)23)21(17,2)12-10-18(16)20/h5,10,13,16-17H,3-4,6-9,11-12H2,1-2H3,(H,22,23)/t16-,17-,20-,21+/m0/s1. The molecule has 0 unspecified atom stereocenters. The van der Waals surface area contributed by atoms with E-state index < -0.39 is 5.97 Å². The van der Waals surface area contributed by atoms with Crippen LogP contribution < -0.4 is 0 Å². The van der Waals surface area contributed by atoms with E-state index in [1.165, 1.54) is 50.2 Å². The molecule has 0 radical (unpaired) electrons. The fourth-order valence-electron chi connectivity index (χ4n) is 6.28. The summed E-state index contributed by atoms with van der Waals surface area (Å²) in [5.41, 5.74) is 4.96. The Hall–Kier alpha value is -1.31. The molecule has 4 atom stereocenters. The normalized spacial score (nSPS) is 44.0. The van der Waals surface area contributed by atoms with E-state index in [0.29, 0.717) is 17.3 Å². The molecule has 0 aromatic heterocycles. The molecule has 0 amide bonds. The molecule has 23 heavy (non-hydrogen) atoms. The molecule has 0 aliphatic heterocycles. The molecule has 2 saturated carbocycles. The zero-order chi connectivity index (χ0) is 16.2. The van der Waals surface area contributed by atoms with E-state index in [0.717, 1.165) is 12.8 Å². The van der Waals surface area contributed by atoms with Crippen molar-refractivity contribution in [3.8, 4) is 0 Å². The number of carbonyl (C=O) groups is 1. The largest absolute Gasteiger partial charge is 0.478 e. The third kappa shape index (κ3) is 2.10. The first-order valence-electron chi connectivity index (χ1n) is 9.29. The number of rotatable bonds is 1. The Morgan fingerprint density at radius 2 is 2.09 bits per heavy atom. The summed E-state index contributed by atoms with van der Waals surface area (Å²) >= 11 is 0. The monoisotopic (exact) mass is 312 g/mol. The number of hydrogen-bond acceptors (Lipinski definition) is 1. The number of hydrogen-bond donors (Lipinski definition) is 1. The summed E-state index contributed by atoms with van der Waals surface area (Å²) in [6.07, 6.45) is 16.1. The van der Waals surface area contributed by atoms with Crippen molar-refractivity contribution in [2.75, 3.05) is 0 Å². The Morgan fingerprint density at radius 1 is 1.26 bits per heavy atom. The molecule has 2 nitrogen and oxygen atoms in total. The topological polar surface area (TPSA) is 37.3 Å². The Labute approximate surface area is 139 Å². The minimum Gasteiger partial charge on any atom is -0.478 e. The van der Waals surface area contributed by atoms with E-state index in [1.54, 1.807) is 11.1 Å². The Bertz CT molecular complexity index is 638. The van der Waals surface area contributed by atoms with Crippen molar-refractivity contribution in [3.63, 3.8) is 0 Å². The fraction of sp³-hybridized carbons (Fsp3) is 0.667. The number of carboxylic acid groups (broad SMARTS) is 1. The van der Waals surface area contributed by atoms with Crippen molar-refractivity contribution >= 4 is 5.97 Å². The van der Waals surface area contributed by atoms with Crippen LogP contribution in [0.2, 0.25) is 0 Å². The van der Waals surface area contributed by atoms with Crippen LogP contribution in [0.15, 0.2) is 34.9 Å². The van der Waals surface area contributed by atoms with Crippen LogP contribution in [0.4, 0.5) is 0 Å². The predicted octanol–water partition coefficient (Wildman–Crippen LogP) is 5.27. The second kappa shape index (κ2) is 5.09. The van der Waals surface area contributed by atoms with E-state index in [4.69, 9.17) is 0 Å². The Kier molecular flexibility index (Phi) is 3.37. The van der Waals surface area contributed by atoms with Crippen molar-refractivity contribution in [1.29, 1.82) is 0 Å². The van der Waals surface area contributed by atoms with Crippen LogP contribution in [0.25, 0.3) is 0 Å². The van der Waals surface area contributed by atoms with Crippen molar-refractivity contribution in [2.45, 2.75) is 65.2 Å². The minimum absolute atomic E-state index is 0.0821. The summed E-state index contributed by atoms with van der Waals surface area (Å²) < 4.78 is 0. The maximum absolute atomic E-state index is 11.2. The van der Waals surface area contributed by atoms with Gasteiger partial charge in [0.05, 0.1) is 0 Å². The van der Waals surface area contributed by atoms with E-state index in [-0.39, 0.29) is 5.41 Å². The van der Waals surface area contributed by atoms with Gasteiger partial charge in [0, 0.05) is 11.5 Å². The summed E-state index contributed by atoms with van der Waals surface area (Å²) in [4.78, 5) is 11.2. The number of fused-ring (bicyclic) bond motifs is 5. The van der Waals surface area contributed by atoms with Crippen LogP contribution in [0.1, 0.15) is 65.2 Å². The maximum atomic E-state index is 11.2. The smallest absolute Gasteiger partial charge is 0.328 e. The summed E-state index contributed by atoms with van der Waals surface area (Å²) in [5.74, 6) is 0.548. The summed E-state index contributed by atoms with van der Waals surface area (Å²) in [7, 11) is 0. The van der Waals surface area contributed by atoms with E-state index >= 15 is 0 Å². The molecule has 4 rings (SSSR count). The lowest BCUT2D eigenvalue weighted by atomic mass is 9.52. The van der Waals surface area contributed by atoms with E-state index in [9.17, 15) is 9.90 Å². The second-order valence-corrected chi connectivity index (χ2v) is 8.53. The molecule has 0 aromatic rings. The molecule has 2 heteroatoms. The highest BCUT2D eigenvalue weighted by atomic mass is 16.4. The quantitative estimate of drug-likeness (QED) is 0.529. The first-order chi connectivity index (χ1) is 10.9. The van der Waals surface area contributed by atoms with Gasteiger partial charge < -0.3 is 5.11 Å². The van der Waals surface area contributed by atoms with Gasteiger partial charge in [-0.1, -0.05) is 42.7 Å². The van der Waals surface area contributed by atoms with Gasteiger partial charge in [0.15, 0.2) is 0 Å².